The zero-order valence-electron chi connectivity index (χ0n) is 14.6. The highest BCUT2D eigenvalue weighted by Gasteiger charge is 2.43. The first kappa shape index (κ1) is 17.8. The lowest BCUT2D eigenvalue weighted by molar-refractivity contribution is -0.123. The van der Waals surface area contributed by atoms with Crippen LogP contribution in [0.3, 0.4) is 0 Å². The largest absolute Gasteiger partial charge is 0.299 e. The molecule has 0 aliphatic carbocycles. The lowest BCUT2D eigenvalue weighted by atomic mass is 9.70. The first-order valence-electron chi connectivity index (χ1n) is 8.49. The molecular formula is C18H23N3O3S. The van der Waals surface area contributed by atoms with Gasteiger partial charge in [-0.1, -0.05) is 30.3 Å². The Morgan fingerprint density at radius 3 is 2.36 bits per heavy atom. The van der Waals surface area contributed by atoms with Gasteiger partial charge in [-0.2, -0.15) is 9.40 Å². The van der Waals surface area contributed by atoms with Crippen molar-refractivity contribution in [2.24, 2.45) is 0 Å². The van der Waals surface area contributed by atoms with Crippen LogP contribution in [0.15, 0.2) is 47.6 Å². The number of carbonyl (C=O) groups excluding carboxylic acids is 1. The molecule has 6 nitrogen and oxygen atoms in total. The molecule has 1 aromatic heterocycles. The molecule has 0 amide bonds. The number of piperidine rings is 1. The highest BCUT2D eigenvalue weighted by Crippen LogP contribution is 2.37. The molecule has 1 fully saturated rings. The van der Waals surface area contributed by atoms with Crippen molar-refractivity contribution in [1.82, 2.24) is 14.1 Å². The summed E-state index contributed by atoms with van der Waals surface area (Å²) in [6, 6.07) is 9.67. The second-order valence-electron chi connectivity index (χ2n) is 6.44. The van der Waals surface area contributed by atoms with E-state index in [2.05, 4.69) is 5.10 Å². The average molecular weight is 361 g/mol. The molecule has 25 heavy (non-hydrogen) atoms. The van der Waals surface area contributed by atoms with Crippen molar-refractivity contribution in [3.8, 4) is 0 Å². The highest BCUT2D eigenvalue weighted by molar-refractivity contribution is 7.89. The Morgan fingerprint density at radius 1 is 1.20 bits per heavy atom. The van der Waals surface area contributed by atoms with Crippen molar-refractivity contribution in [3.63, 3.8) is 0 Å². The second kappa shape index (κ2) is 6.72. The maximum atomic E-state index is 12.8. The number of nitrogens with zero attached hydrogens (tertiary/aromatic N) is 3. The Labute approximate surface area is 148 Å². The van der Waals surface area contributed by atoms with E-state index in [4.69, 9.17) is 0 Å². The predicted molar refractivity (Wildman–Crippen MR) is 94.7 cm³/mol. The van der Waals surface area contributed by atoms with Gasteiger partial charge in [0.1, 0.15) is 10.7 Å². The van der Waals surface area contributed by atoms with Crippen molar-refractivity contribution in [2.75, 3.05) is 13.1 Å². The third-order valence-corrected chi connectivity index (χ3v) is 7.00. The Kier molecular flexibility index (Phi) is 4.79. The third kappa shape index (κ3) is 3.14. The fourth-order valence-corrected chi connectivity index (χ4v) is 4.91. The molecule has 0 atom stereocenters. The quantitative estimate of drug-likeness (QED) is 0.818. The number of benzene rings is 1. The van der Waals surface area contributed by atoms with Gasteiger partial charge in [-0.3, -0.25) is 9.48 Å². The van der Waals surface area contributed by atoms with Crippen LogP contribution in [0.1, 0.15) is 32.3 Å². The van der Waals surface area contributed by atoms with Gasteiger partial charge in [-0.25, -0.2) is 8.42 Å². The minimum absolute atomic E-state index is 0.0922. The minimum Gasteiger partial charge on any atom is -0.299 e. The van der Waals surface area contributed by atoms with Crippen molar-refractivity contribution in [1.29, 1.82) is 0 Å². The van der Waals surface area contributed by atoms with E-state index in [0.29, 0.717) is 32.5 Å². The Hall–Kier alpha value is -1.99. The van der Waals surface area contributed by atoms with Crippen LogP contribution in [-0.4, -0.2) is 41.4 Å². The molecular weight excluding hydrogens is 338 g/mol. The summed E-state index contributed by atoms with van der Waals surface area (Å²) >= 11 is 0. The summed E-state index contributed by atoms with van der Waals surface area (Å²) < 4.78 is 28.7. The lowest BCUT2D eigenvalue weighted by Crippen LogP contribution is -2.48. The van der Waals surface area contributed by atoms with Gasteiger partial charge < -0.3 is 0 Å². The number of hydrogen-bond acceptors (Lipinski definition) is 4. The number of Topliss-reactive ketones (excluding diaryl/α,β-unsaturated/α-hetero) is 1. The maximum absolute atomic E-state index is 12.8. The molecule has 1 saturated heterocycles. The lowest BCUT2D eigenvalue weighted by Gasteiger charge is -2.39. The zero-order valence-corrected chi connectivity index (χ0v) is 15.4. The molecule has 134 valence electrons. The molecule has 1 aromatic carbocycles. The van der Waals surface area contributed by atoms with Gasteiger partial charge >= 0.3 is 0 Å². The van der Waals surface area contributed by atoms with E-state index in [0.717, 1.165) is 5.56 Å². The van der Waals surface area contributed by atoms with E-state index >= 15 is 0 Å². The van der Waals surface area contributed by atoms with Gasteiger partial charge in [-0.05, 0) is 32.3 Å². The standard InChI is InChI=1S/C18H23N3O3S/c1-3-20-14-17(13-19-20)25(23,24)21-11-9-18(10-12-21,15(2)22)16-7-5-4-6-8-16/h4-8,13-14H,3,9-12H2,1-2H3. The van der Waals surface area contributed by atoms with Crippen LogP contribution < -0.4 is 0 Å². The first-order valence-corrected chi connectivity index (χ1v) is 9.93. The van der Waals surface area contributed by atoms with Crippen LogP contribution in [0.5, 0.6) is 0 Å². The van der Waals surface area contributed by atoms with Gasteiger partial charge in [0.15, 0.2) is 0 Å². The molecule has 2 aromatic rings. The van der Waals surface area contributed by atoms with Gasteiger partial charge in [0.25, 0.3) is 0 Å². The van der Waals surface area contributed by atoms with Crippen LogP contribution in [0, 0.1) is 0 Å². The Balaban J connectivity index is 1.83. The summed E-state index contributed by atoms with van der Waals surface area (Å²) in [4.78, 5) is 12.6. The topological polar surface area (TPSA) is 72.3 Å². The maximum Gasteiger partial charge on any atom is 0.246 e. The average Bonchev–Trinajstić information content (AvgIpc) is 3.12. The number of carbonyl (C=O) groups is 1. The van der Waals surface area contributed by atoms with Gasteiger partial charge in [0.05, 0.1) is 11.6 Å². The SMILES string of the molecule is CCn1cc(S(=O)(=O)N2CCC(C(C)=O)(c3ccccc3)CC2)cn1. The minimum atomic E-state index is -3.57. The monoisotopic (exact) mass is 361 g/mol. The number of sulfonamides is 1. The Morgan fingerprint density at radius 2 is 1.84 bits per heavy atom. The number of rotatable bonds is 5. The van der Waals surface area contributed by atoms with Crippen molar-refractivity contribution in [3.05, 3.63) is 48.3 Å². The summed E-state index contributed by atoms with van der Waals surface area (Å²) in [7, 11) is -3.57. The van der Waals surface area contributed by atoms with Crippen LogP contribution in [0.4, 0.5) is 0 Å². The van der Waals surface area contributed by atoms with E-state index in [1.807, 2.05) is 37.3 Å². The number of ketones is 1. The summed E-state index contributed by atoms with van der Waals surface area (Å²) in [6.07, 6.45) is 3.93. The van der Waals surface area contributed by atoms with Crippen molar-refractivity contribution >= 4 is 15.8 Å². The molecule has 0 spiro atoms. The second-order valence-corrected chi connectivity index (χ2v) is 8.38. The molecule has 7 heteroatoms. The molecule has 0 radical (unpaired) electrons. The summed E-state index contributed by atoms with van der Waals surface area (Å²) in [5.74, 6) is 0.0922. The van der Waals surface area contributed by atoms with E-state index in [1.165, 1.54) is 10.5 Å². The first-order chi connectivity index (χ1) is 11.9. The molecule has 0 saturated carbocycles. The zero-order chi connectivity index (χ0) is 18.1. The molecule has 0 bridgehead atoms. The fourth-order valence-electron chi connectivity index (χ4n) is 3.51. The molecule has 0 unspecified atom stereocenters. The summed E-state index contributed by atoms with van der Waals surface area (Å²) in [5.41, 5.74) is 0.374. The highest BCUT2D eigenvalue weighted by atomic mass is 32.2. The van der Waals surface area contributed by atoms with E-state index < -0.39 is 15.4 Å². The van der Waals surface area contributed by atoms with E-state index in [1.54, 1.807) is 17.8 Å². The fraction of sp³-hybridized carbons (Fsp3) is 0.444. The Bertz CT molecular complexity index is 851. The number of aromatic nitrogens is 2. The predicted octanol–water partition coefficient (Wildman–Crippen LogP) is 2.21. The van der Waals surface area contributed by atoms with E-state index in [9.17, 15) is 13.2 Å². The number of aryl methyl sites for hydroxylation is 1. The van der Waals surface area contributed by atoms with Gasteiger partial charge in [0.2, 0.25) is 10.0 Å². The molecule has 0 N–H and O–H groups in total. The smallest absolute Gasteiger partial charge is 0.246 e. The van der Waals surface area contributed by atoms with Crippen LogP contribution in [-0.2, 0) is 26.8 Å². The molecule has 1 aliphatic heterocycles. The molecule has 2 heterocycles. The molecule has 1 aliphatic rings. The van der Waals surface area contributed by atoms with Crippen LogP contribution in [0.2, 0.25) is 0 Å². The molecule has 3 rings (SSSR count). The van der Waals surface area contributed by atoms with Crippen molar-refractivity contribution < 1.29 is 13.2 Å². The third-order valence-electron chi connectivity index (χ3n) is 5.15. The number of hydrogen-bond donors (Lipinski definition) is 0. The van der Waals surface area contributed by atoms with Crippen LogP contribution in [0.25, 0.3) is 0 Å². The van der Waals surface area contributed by atoms with E-state index in [-0.39, 0.29) is 10.7 Å². The van der Waals surface area contributed by atoms with Gasteiger partial charge in [0, 0.05) is 25.8 Å². The van der Waals surface area contributed by atoms with Gasteiger partial charge in [-0.15, -0.1) is 0 Å². The normalized spacial score (nSPS) is 18.2. The summed E-state index contributed by atoms with van der Waals surface area (Å²) in [5, 5.41) is 4.06. The van der Waals surface area contributed by atoms with Crippen LogP contribution >= 0.6 is 0 Å². The summed E-state index contributed by atoms with van der Waals surface area (Å²) in [6.45, 7) is 4.78. The van der Waals surface area contributed by atoms with Crippen molar-refractivity contribution in [2.45, 2.75) is 43.5 Å².